The Hall–Kier alpha value is -2.18. The fraction of sp³-hybridized carbons (Fsp3) is 0.524. The Balaban J connectivity index is 1.62. The van der Waals surface area contributed by atoms with Gasteiger partial charge in [-0.25, -0.2) is 4.79 Å². The molecule has 1 aromatic heterocycles. The summed E-state index contributed by atoms with van der Waals surface area (Å²) in [5.74, 6) is -0.311. The molecule has 6 heteroatoms. The molecule has 144 valence electrons. The predicted octanol–water partition coefficient (Wildman–Crippen LogP) is 2.65. The smallest absolute Gasteiger partial charge is 0.359 e. The fourth-order valence-corrected chi connectivity index (χ4v) is 4.12. The Bertz CT molecular complexity index is 781. The van der Waals surface area contributed by atoms with Gasteiger partial charge in [0.15, 0.2) is 5.69 Å². The molecule has 0 bridgehead atoms. The normalized spacial score (nSPS) is 18.3. The second-order valence-electron chi connectivity index (χ2n) is 7.20. The molecular weight excluding hydrogens is 342 g/mol. The number of aromatic nitrogens is 2. The SMILES string of the molecule is CCOC(=O)c1nn(Cc2ccccc2)c2c1CN(C1CCOCC1)CC2. The molecular formula is C21H27N3O3. The first-order valence-electron chi connectivity index (χ1n) is 9.87. The molecule has 2 aromatic rings. The van der Waals surface area contributed by atoms with Gasteiger partial charge in [0.1, 0.15) is 0 Å². The third-order valence-electron chi connectivity index (χ3n) is 5.51. The molecule has 0 unspecified atom stereocenters. The maximum absolute atomic E-state index is 12.5. The van der Waals surface area contributed by atoms with Crippen molar-refractivity contribution >= 4 is 5.97 Å². The van der Waals surface area contributed by atoms with Gasteiger partial charge in [-0.2, -0.15) is 5.10 Å². The van der Waals surface area contributed by atoms with Gasteiger partial charge in [-0.05, 0) is 25.3 Å². The summed E-state index contributed by atoms with van der Waals surface area (Å²) >= 11 is 0. The monoisotopic (exact) mass is 369 g/mol. The Morgan fingerprint density at radius 2 is 2.04 bits per heavy atom. The van der Waals surface area contributed by atoms with E-state index >= 15 is 0 Å². The minimum Gasteiger partial charge on any atom is -0.461 e. The molecule has 1 fully saturated rings. The lowest BCUT2D eigenvalue weighted by Crippen LogP contribution is -2.42. The third kappa shape index (κ3) is 3.92. The highest BCUT2D eigenvalue weighted by atomic mass is 16.5. The van der Waals surface area contributed by atoms with E-state index in [1.54, 1.807) is 0 Å². The summed E-state index contributed by atoms with van der Waals surface area (Å²) in [4.78, 5) is 15.0. The van der Waals surface area contributed by atoms with E-state index in [1.165, 1.54) is 11.3 Å². The van der Waals surface area contributed by atoms with E-state index in [0.717, 1.165) is 51.1 Å². The van der Waals surface area contributed by atoms with Gasteiger partial charge in [0, 0.05) is 50.0 Å². The Labute approximate surface area is 160 Å². The molecule has 0 radical (unpaired) electrons. The highest BCUT2D eigenvalue weighted by Gasteiger charge is 2.32. The molecule has 0 amide bonds. The van der Waals surface area contributed by atoms with Crippen LogP contribution in [-0.2, 0) is 29.0 Å². The lowest BCUT2D eigenvalue weighted by atomic mass is 9.99. The van der Waals surface area contributed by atoms with E-state index < -0.39 is 0 Å². The van der Waals surface area contributed by atoms with Crippen molar-refractivity contribution in [3.05, 3.63) is 52.8 Å². The van der Waals surface area contributed by atoms with E-state index in [9.17, 15) is 4.79 Å². The van der Waals surface area contributed by atoms with Crippen LogP contribution in [0.25, 0.3) is 0 Å². The summed E-state index contributed by atoms with van der Waals surface area (Å²) in [6.45, 7) is 6.30. The zero-order chi connectivity index (χ0) is 18.6. The zero-order valence-corrected chi connectivity index (χ0v) is 15.9. The second-order valence-corrected chi connectivity index (χ2v) is 7.20. The van der Waals surface area contributed by atoms with Crippen molar-refractivity contribution in [2.45, 2.75) is 45.3 Å². The molecule has 1 saturated heterocycles. The largest absolute Gasteiger partial charge is 0.461 e. The summed E-state index contributed by atoms with van der Waals surface area (Å²) in [5.41, 5.74) is 3.89. The Morgan fingerprint density at radius 1 is 1.26 bits per heavy atom. The van der Waals surface area contributed by atoms with Crippen LogP contribution < -0.4 is 0 Å². The lowest BCUT2D eigenvalue weighted by Gasteiger charge is -2.36. The highest BCUT2D eigenvalue weighted by Crippen LogP contribution is 2.28. The van der Waals surface area contributed by atoms with Crippen LogP contribution in [0, 0.1) is 0 Å². The summed E-state index contributed by atoms with van der Waals surface area (Å²) in [6, 6.07) is 10.8. The van der Waals surface area contributed by atoms with Crippen LogP contribution in [0.3, 0.4) is 0 Å². The lowest BCUT2D eigenvalue weighted by molar-refractivity contribution is 0.0283. The topological polar surface area (TPSA) is 56.6 Å². The average molecular weight is 369 g/mol. The van der Waals surface area contributed by atoms with Gasteiger partial charge < -0.3 is 9.47 Å². The number of carbonyl (C=O) groups is 1. The highest BCUT2D eigenvalue weighted by molar-refractivity contribution is 5.89. The van der Waals surface area contributed by atoms with Gasteiger partial charge in [0.05, 0.1) is 13.2 Å². The van der Waals surface area contributed by atoms with Gasteiger partial charge in [-0.15, -0.1) is 0 Å². The number of hydrogen-bond donors (Lipinski definition) is 0. The number of ether oxygens (including phenoxy) is 2. The Kier molecular flexibility index (Phi) is 5.55. The maximum Gasteiger partial charge on any atom is 0.359 e. The van der Waals surface area contributed by atoms with Crippen molar-refractivity contribution in [1.82, 2.24) is 14.7 Å². The number of nitrogens with zero attached hydrogens (tertiary/aromatic N) is 3. The van der Waals surface area contributed by atoms with Gasteiger partial charge in [-0.1, -0.05) is 30.3 Å². The van der Waals surface area contributed by atoms with Crippen LogP contribution in [-0.4, -0.2) is 53.1 Å². The fourth-order valence-electron chi connectivity index (χ4n) is 4.12. The maximum atomic E-state index is 12.5. The predicted molar refractivity (Wildman–Crippen MR) is 102 cm³/mol. The summed E-state index contributed by atoms with van der Waals surface area (Å²) in [7, 11) is 0. The minimum absolute atomic E-state index is 0.311. The van der Waals surface area contributed by atoms with Gasteiger partial charge in [-0.3, -0.25) is 9.58 Å². The number of fused-ring (bicyclic) bond motifs is 1. The van der Waals surface area contributed by atoms with Crippen molar-refractivity contribution in [2.24, 2.45) is 0 Å². The minimum atomic E-state index is -0.311. The molecule has 0 aliphatic carbocycles. The second kappa shape index (κ2) is 8.23. The van der Waals surface area contributed by atoms with Crippen molar-refractivity contribution < 1.29 is 14.3 Å². The van der Waals surface area contributed by atoms with Crippen LogP contribution in [0.2, 0.25) is 0 Å². The van der Waals surface area contributed by atoms with E-state index in [4.69, 9.17) is 9.47 Å². The van der Waals surface area contributed by atoms with Gasteiger partial charge in [0.25, 0.3) is 0 Å². The quantitative estimate of drug-likeness (QED) is 0.759. The number of benzene rings is 1. The molecule has 2 aliphatic heterocycles. The zero-order valence-electron chi connectivity index (χ0n) is 15.9. The van der Waals surface area contributed by atoms with Gasteiger partial charge >= 0.3 is 5.97 Å². The third-order valence-corrected chi connectivity index (χ3v) is 5.51. The van der Waals surface area contributed by atoms with E-state index in [0.29, 0.717) is 24.9 Å². The molecule has 3 heterocycles. The standard InChI is InChI=1S/C21H27N3O3/c1-2-27-21(25)20-18-15-23(17-9-12-26-13-10-17)11-8-19(18)24(22-20)14-16-6-4-3-5-7-16/h3-7,17H,2,8-15H2,1H3. The number of hydrogen-bond acceptors (Lipinski definition) is 5. The van der Waals surface area contributed by atoms with Crippen molar-refractivity contribution in [2.75, 3.05) is 26.4 Å². The van der Waals surface area contributed by atoms with Crippen molar-refractivity contribution in [1.29, 1.82) is 0 Å². The molecule has 0 N–H and O–H groups in total. The molecule has 0 atom stereocenters. The first kappa shape index (κ1) is 18.2. The van der Waals surface area contributed by atoms with Crippen LogP contribution in [0.5, 0.6) is 0 Å². The molecule has 0 spiro atoms. The van der Waals surface area contributed by atoms with Crippen LogP contribution >= 0.6 is 0 Å². The summed E-state index contributed by atoms with van der Waals surface area (Å²) in [6.07, 6.45) is 3.02. The molecule has 6 nitrogen and oxygen atoms in total. The molecule has 0 saturated carbocycles. The van der Waals surface area contributed by atoms with E-state index in [1.807, 2.05) is 29.8 Å². The number of esters is 1. The van der Waals surface area contributed by atoms with Crippen LogP contribution in [0.1, 0.15) is 47.1 Å². The van der Waals surface area contributed by atoms with Crippen LogP contribution in [0.4, 0.5) is 0 Å². The number of rotatable bonds is 5. The Morgan fingerprint density at radius 3 is 2.78 bits per heavy atom. The molecule has 4 rings (SSSR count). The molecule has 27 heavy (non-hydrogen) atoms. The average Bonchev–Trinajstić information content (AvgIpc) is 3.07. The molecule has 2 aliphatic rings. The summed E-state index contributed by atoms with van der Waals surface area (Å²) in [5, 5.41) is 4.68. The first-order valence-corrected chi connectivity index (χ1v) is 9.87. The van der Waals surface area contributed by atoms with E-state index in [2.05, 4.69) is 22.1 Å². The van der Waals surface area contributed by atoms with Crippen LogP contribution in [0.15, 0.2) is 30.3 Å². The van der Waals surface area contributed by atoms with Gasteiger partial charge in [0.2, 0.25) is 0 Å². The van der Waals surface area contributed by atoms with Crippen molar-refractivity contribution in [3.8, 4) is 0 Å². The van der Waals surface area contributed by atoms with E-state index in [-0.39, 0.29) is 5.97 Å². The number of carbonyl (C=O) groups excluding carboxylic acids is 1. The van der Waals surface area contributed by atoms with Crippen molar-refractivity contribution in [3.63, 3.8) is 0 Å². The first-order chi connectivity index (χ1) is 13.3. The molecule has 1 aromatic carbocycles. The summed E-state index contributed by atoms with van der Waals surface area (Å²) < 4.78 is 12.8.